The van der Waals surface area contributed by atoms with Crippen molar-refractivity contribution in [1.29, 1.82) is 0 Å². The summed E-state index contributed by atoms with van der Waals surface area (Å²) in [5.41, 5.74) is 3.20. The van der Waals surface area contributed by atoms with Crippen LogP contribution in [0.25, 0.3) is 11.0 Å². The van der Waals surface area contributed by atoms with E-state index in [1.165, 1.54) is 18.3 Å². The number of carbonyl (C=O) groups is 4. The number of nitrogens with one attached hydrogen (secondary N) is 4. The van der Waals surface area contributed by atoms with Crippen LogP contribution >= 0.6 is 11.3 Å². The van der Waals surface area contributed by atoms with Crippen LogP contribution in [0, 0.1) is 20.8 Å². The third kappa shape index (κ3) is 12.5. The number of thiazole rings is 1. The van der Waals surface area contributed by atoms with Crippen LogP contribution in [-0.2, 0) is 19.1 Å². The molecule has 7 rings (SSSR count). The maximum Gasteiger partial charge on any atom is 0.263 e. The summed E-state index contributed by atoms with van der Waals surface area (Å²) in [6.07, 6.45) is 8.96. The molecule has 5 aromatic rings. The van der Waals surface area contributed by atoms with Gasteiger partial charge in [0.05, 0.1) is 50.4 Å². The third-order valence-corrected chi connectivity index (χ3v) is 12.3. The van der Waals surface area contributed by atoms with E-state index in [-0.39, 0.29) is 47.3 Å². The SMILES string of the molecule is CC(=O)c1c(C)c2cnc(Nc3ccc(N4CCN(CC(=O)NCCOCCOCCNC(=O)COc5ccc(C(=O)Nc6ncc(C)s6)c(C)c5)CC4)cn3)nc2n(C2CCCC2)c1=O. The number of anilines is 4. The lowest BCUT2D eigenvalue weighted by Crippen LogP contribution is -2.49. The van der Waals surface area contributed by atoms with Crippen molar-refractivity contribution >= 4 is 68.5 Å². The second-order valence-corrected chi connectivity index (χ2v) is 17.5. The fraction of sp³-hybridized carbons (Fsp3) is 0.457. The minimum Gasteiger partial charge on any atom is -0.484 e. The molecule has 1 saturated carbocycles. The number of hydrogen-bond acceptors (Lipinski definition) is 16. The van der Waals surface area contributed by atoms with E-state index in [0.717, 1.165) is 62.4 Å². The summed E-state index contributed by atoms with van der Waals surface area (Å²) in [7, 11) is 0. The van der Waals surface area contributed by atoms with Gasteiger partial charge < -0.3 is 35.1 Å². The molecule has 0 spiro atoms. The van der Waals surface area contributed by atoms with Crippen LogP contribution in [0.15, 0.2) is 53.7 Å². The number of aryl methyl sites for hydroxylation is 3. The predicted molar refractivity (Wildman–Crippen MR) is 251 cm³/mol. The molecule has 4 N–H and O–H groups in total. The number of carbonyl (C=O) groups excluding carboxylic acids is 4. The Morgan fingerprint density at radius 1 is 0.833 bits per heavy atom. The van der Waals surface area contributed by atoms with Gasteiger partial charge in [0.15, 0.2) is 17.5 Å². The van der Waals surface area contributed by atoms with E-state index in [9.17, 15) is 24.0 Å². The van der Waals surface area contributed by atoms with Gasteiger partial charge in [-0.3, -0.25) is 38.8 Å². The van der Waals surface area contributed by atoms with Gasteiger partial charge in [-0.15, -0.1) is 11.3 Å². The minimum atomic E-state index is -0.297. The molecule has 66 heavy (non-hydrogen) atoms. The van der Waals surface area contributed by atoms with Gasteiger partial charge in [0.2, 0.25) is 11.9 Å². The first-order valence-corrected chi connectivity index (χ1v) is 23.0. The average Bonchev–Trinajstić information content (AvgIpc) is 3.98. The molecule has 1 aliphatic carbocycles. The highest BCUT2D eigenvalue weighted by atomic mass is 32.1. The van der Waals surface area contributed by atoms with Gasteiger partial charge in [-0.05, 0) is 82.0 Å². The molecule has 2 aliphatic rings. The standard InChI is InChI=1S/C46H57N11O8S/c1-29-23-35(10-11-36(29)43(61)54-46-51-24-30(2)66-46)65-28-40(60)48-14-20-64-22-21-63-19-13-47-39(59)27-55-15-17-56(18-16-55)34-9-12-38(49-25-34)52-45-50-26-37-31(3)41(32(4)58)44(62)57(42(37)53-45)33-7-5-6-8-33/h9-12,23-26,33H,5-8,13-22,27-28H2,1-4H3,(H,47,59)(H,48,60)(H,51,54,61)(H,49,50,52,53). The lowest BCUT2D eigenvalue weighted by atomic mass is 10.0. The first kappa shape index (κ1) is 47.6. The molecule has 2 fully saturated rings. The number of hydrogen-bond donors (Lipinski definition) is 4. The summed E-state index contributed by atoms with van der Waals surface area (Å²) in [5, 5.41) is 12.8. The van der Waals surface area contributed by atoms with Crippen LogP contribution in [0.5, 0.6) is 5.75 Å². The zero-order chi connectivity index (χ0) is 46.6. The van der Waals surface area contributed by atoms with Crippen molar-refractivity contribution in [2.75, 3.05) is 94.4 Å². The van der Waals surface area contributed by atoms with Gasteiger partial charge >= 0.3 is 0 Å². The van der Waals surface area contributed by atoms with Gasteiger partial charge in [0, 0.05) is 73.5 Å². The van der Waals surface area contributed by atoms with Gasteiger partial charge in [-0.2, -0.15) is 4.98 Å². The van der Waals surface area contributed by atoms with Gasteiger partial charge in [0.1, 0.15) is 17.2 Å². The molecule has 4 aromatic heterocycles. The zero-order valence-corrected chi connectivity index (χ0v) is 38.6. The molecular formula is C46H57N11O8S. The molecule has 3 amide bonds. The number of amides is 3. The molecule has 0 atom stereocenters. The molecule has 350 valence electrons. The number of aromatic nitrogens is 5. The van der Waals surface area contributed by atoms with Gasteiger partial charge in [0.25, 0.3) is 17.4 Å². The molecule has 19 nitrogen and oxygen atoms in total. The first-order chi connectivity index (χ1) is 31.9. The summed E-state index contributed by atoms with van der Waals surface area (Å²) in [5.74, 6) is 0.476. The molecule has 0 bridgehead atoms. The quantitative estimate of drug-likeness (QED) is 0.0593. The number of rotatable bonds is 21. The maximum atomic E-state index is 13.6. The average molecular weight is 924 g/mol. The Hall–Kier alpha value is -6.35. The second-order valence-electron chi connectivity index (χ2n) is 16.3. The predicted octanol–water partition coefficient (Wildman–Crippen LogP) is 4.35. The summed E-state index contributed by atoms with van der Waals surface area (Å²) in [6, 6.07) is 8.86. The number of ether oxygens (including phenoxy) is 3. The smallest absolute Gasteiger partial charge is 0.263 e. The number of piperazine rings is 1. The Morgan fingerprint density at radius 3 is 2.21 bits per heavy atom. The fourth-order valence-electron chi connectivity index (χ4n) is 8.10. The summed E-state index contributed by atoms with van der Waals surface area (Å²) >= 11 is 1.40. The van der Waals surface area contributed by atoms with Crippen molar-refractivity contribution in [2.24, 2.45) is 0 Å². The Labute approximate surface area is 386 Å². The van der Waals surface area contributed by atoms with E-state index >= 15 is 0 Å². The number of benzene rings is 1. The molecule has 5 heterocycles. The Kier molecular flexibility index (Phi) is 16.4. The highest BCUT2D eigenvalue weighted by Crippen LogP contribution is 2.32. The van der Waals surface area contributed by atoms with Crippen molar-refractivity contribution in [2.45, 2.75) is 59.4 Å². The van der Waals surface area contributed by atoms with E-state index in [4.69, 9.17) is 19.2 Å². The lowest BCUT2D eigenvalue weighted by Gasteiger charge is -2.35. The lowest BCUT2D eigenvalue weighted by molar-refractivity contribution is -0.124. The number of ketones is 1. The monoisotopic (exact) mass is 923 g/mol. The summed E-state index contributed by atoms with van der Waals surface area (Å²) in [4.78, 5) is 86.8. The van der Waals surface area contributed by atoms with Crippen LogP contribution in [0.4, 0.5) is 22.6 Å². The molecule has 1 aliphatic heterocycles. The van der Waals surface area contributed by atoms with E-state index in [1.807, 2.05) is 19.1 Å². The minimum absolute atomic E-state index is 0.00599. The number of pyridine rings is 2. The fourth-order valence-corrected chi connectivity index (χ4v) is 8.76. The number of fused-ring (bicyclic) bond motifs is 1. The van der Waals surface area contributed by atoms with Gasteiger partial charge in [-0.1, -0.05) is 12.8 Å². The topological polar surface area (TPSA) is 224 Å². The molecular weight excluding hydrogens is 867 g/mol. The van der Waals surface area contributed by atoms with E-state index in [0.29, 0.717) is 96.4 Å². The van der Waals surface area contributed by atoms with Crippen LogP contribution in [-0.4, -0.2) is 132 Å². The molecule has 0 radical (unpaired) electrons. The Bertz CT molecular complexity index is 2570. The maximum absolute atomic E-state index is 13.6. The van der Waals surface area contributed by atoms with E-state index in [2.05, 4.69) is 46.0 Å². The van der Waals surface area contributed by atoms with Crippen LogP contribution in [0.2, 0.25) is 0 Å². The van der Waals surface area contributed by atoms with Crippen molar-refractivity contribution in [3.8, 4) is 5.75 Å². The van der Waals surface area contributed by atoms with Crippen LogP contribution in [0.3, 0.4) is 0 Å². The van der Waals surface area contributed by atoms with Crippen molar-refractivity contribution in [3.05, 3.63) is 86.4 Å². The first-order valence-electron chi connectivity index (χ1n) is 22.2. The van der Waals surface area contributed by atoms with Crippen LogP contribution < -0.4 is 36.5 Å². The summed E-state index contributed by atoms with van der Waals surface area (Å²) in [6.45, 7) is 12.0. The molecule has 0 unspecified atom stereocenters. The van der Waals surface area contributed by atoms with E-state index in [1.54, 1.807) is 55.2 Å². The molecule has 1 saturated heterocycles. The Morgan fingerprint density at radius 2 is 1.56 bits per heavy atom. The second kappa shape index (κ2) is 22.7. The molecule has 20 heteroatoms. The largest absolute Gasteiger partial charge is 0.484 e. The summed E-state index contributed by atoms with van der Waals surface area (Å²) < 4.78 is 18.4. The number of nitrogens with zero attached hydrogens (tertiary/aromatic N) is 7. The van der Waals surface area contributed by atoms with Gasteiger partial charge in [-0.25, -0.2) is 15.0 Å². The highest BCUT2D eigenvalue weighted by molar-refractivity contribution is 7.15. The zero-order valence-electron chi connectivity index (χ0n) is 37.8. The van der Waals surface area contributed by atoms with E-state index < -0.39 is 0 Å². The van der Waals surface area contributed by atoms with Crippen molar-refractivity contribution in [3.63, 3.8) is 0 Å². The third-order valence-electron chi connectivity index (χ3n) is 11.5. The molecule has 1 aromatic carbocycles. The highest BCUT2D eigenvalue weighted by Gasteiger charge is 2.26. The number of Topliss-reactive ketones (excluding diaryl/α,β-unsaturated/α-hetero) is 1. The van der Waals surface area contributed by atoms with Crippen molar-refractivity contribution < 1.29 is 33.4 Å². The van der Waals surface area contributed by atoms with Crippen molar-refractivity contribution in [1.82, 2.24) is 40.0 Å². The van der Waals surface area contributed by atoms with Crippen LogP contribution in [0.1, 0.15) is 75.4 Å². The Balaban J connectivity index is 0.729. The normalized spacial score (nSPS) is 14.3.